The minimum absolute atomic E-state index is 0.167. The molecule has 3 aromatic rings. The summed E-state index contributed by atoms with van der Waals surface area (Å²) in [5.41, 5.74) is 3.12. The maximum Gasteiger partial charge on any atom is 0.165 e. The molecular formula is C21H18F2N2O. The van der Waals surface area contributed by atoms with E-state index in [1.165, 1.54) is 12.1 Å². The second kappa shape index (κ2) is 6.16. The van der Waals surface area contributed by atoms with E-state index in [1.807, 2.05) is 26.8 Å². The van der Waals surface area contributed by atoms with Gasteiger partial charge in [-0.2, -0.15) is 0 Å². The average molecular weight is 352 g/mol. The van der Waals surface area contributed by atoms with Crippen LogP contribution in [0.5, 0.6) is 5.75 Å². The fraction of sp³-hybridized carbons (Fsp3) is 0.238. The number of rotatable bonds is 1. The Balaban J connectivity index is 2.00. The number of hydrogen-bond donors (Lipinski definition) is 0. The van der Waals surface area contributed by atoms with Crippen LogP contribution in [0.4, 0.5) is 8.78 Å². The molecule has 0 radical (unpaired) electrons. The highest BCUT2D eigenvalue weighted by Crippen LogP contribution is 2.32. The maximum atomic E-state index is 14.4. The molecule has 26 heavy (non-hydrogen) atoms. The number of benzene rings is 2. The number of halogens is 2. The van der Waals surface area contributed by atoms with E-state index < -0.39 is 5.82 Å². The number of aromatic nitrogens is 1. The first-order valence-electron chi connectivity index (χ1n) is 8.55. The number of ether oxygens (including phenoxy) is 1. The molecule has 0 aliphatic carbocycles. The summed E-state index contributed by atoms with van der Waals surface area (Å²) in [7, 11) is 0. The van der Waals surface area contributed by atoms with Gasteiger partial charge in [-0.05, 0) is 44.5 Å². The van der Waals surface area contributed by atoms with Gasteiger partial charge in [0.2, 0.25) is 0 Å². The third kappa shape index (κ3) is 2.55. The molecule has 1 aliphatic rings. The van der Waals surface area contributed by atoms with Gasteiger partial charge in [-0.15, -0.1) is 0 Å². The summed E-state index contributed by atoms with van der Waals surface area (Å²) in [4.78, 5) is 9.09. The van der Waals surface area contributed by atoms with Crippen LogP contribution in [0.15, 0.2) is 47.6 Å². The van der Waals surface area contributed by atoms with Gasteiger partial charge in [0.1, 0.15) is 17.4 Å². The SMILES string of the molecule is Cc1c(C2=N[C@@H](C)[C@@H](C)Oc3c(F)cccc32)cnc2c(F)cccc12. The summed E-state index contributed by atoms with van der Waals surface area (Å²) in [6.45, 7) is 5.70. The van der Waals surface area contributed by atoms with Gasteiger partial charge in [0, 0.05) is 22.7 Å². The van der Waals surface area contributed by atoms with E-state index in [0.717, 1.165) is 11.1 Å². The van der Waals surface area contributed by atoms with Crippen LogP contribution < -0.4 is 4.74 Å². The fourth-order valence-electron chi connectivity index (χ4n) is 3.25. The smallest absolute Gasteiger partial charge is 0.165 e. The van der Waals surface area contributed by atoms with E-state index in [0.29, 0.717) is 22.2 Å². The molecule has 2 atom stereocenters. The Morgan fingerprint density at radius 1 is 0.962 bits per heavy atom. The van der Waals surface area contributed by atoms with Gasteiger partial charge in [0.15, 0.2) is 11.6 Å². The number of para-hydroxylation sites is 2. The van der Waals surface area contributed by atoms with Crippen LogP contribution in [-0.2, 0) is 0 Å². The van der Waals surface area contributed by atoms with E-state index in [2.05, 4.69) is 4.98 Å². The van der Waals surface area contributed by atoms with Gasteiger partial charge in [-0.25, -0.2) is 8.78 Å². The standard InChI is InChI=1S/C21H18F2N2O/c1-11-14-6-4-8-17(22)20(14)24-10-16(11)19-15-7-5-9-18(23)21(15)26-13(3)12(2)25-19/h4-10,12-13H,1-3H3/t12-,13+/m0/s1. The van der Waals surface area contributed by atoms with Gasteiger partial charge in [-0.1, -0.05) is 18.2 Å². The molecule has 0 spiro atoms. The topological polar surface area (TPSA) is 34.5 Å². The Morgan fingerprint density at radius 2 is 1.69 bits per heavy atom. The quantitative estimate of drug-likeness (QED) is 0.629. The minimum atomic E-state index is -0.423. The molecule has 1 aromatic heterocycles. The van der Waals surface area contributed by atoms with E-state index >= 15 is 0 Å². The molecule has 132 valence electrons. The largest absolute Gasteiger partial charge is 0.485 e. The van der Waals surface area contributed by atoms with Crippen molar-refractivity contribution in [1.82, 2.24) is 4.98 Å². The molecule has 0 fully saturated rings. The van der Waals surface area contributed by atoms with Gasteiger partial charge >= 0.3 is 0 Å². The highest BCUT2D eigenvalue weighted by molar-refractivity contribution is 6.16. The molecule has 0 amide bonds. The molecule has 0 saturated heterocycles. The molecule has 3 nitrogen and oxygen atoms in total. The van der Waals surface area contributed by atoms with Crippen molar-refractivity contribution >= 4 is 16.6 Å². The summed E-state index contributed by atoms with van der Waals surface area (Å²) >= 11 is 0. The van der Waals surface area contributed by atoms with Crippen molar-refractivity contribution < 1.29 is 13.5 Å². The number of pyridine rings is 1. The number of fused-ring (bicyclic) bond motifs is 2. The molecule has 1 aliphatic heterocycles. The molecule has 0 saturated carbocycles. The van der Waals surface area contributed by atoms with Crippen molar-refractivity contribution in [3.8, 4) is 5.75 Å². The monoisotopic (exact) mass is 352 g/mol. The predicted octanol–water partition coefficient (Wildman–Crippen LogP) is 4.83. The van der Waals surface area contributed by atoms with Crippen molar-refractivity contribution in [2.75, 3.05) is 0 Å². The van der Waals surface area contributed by atoms with Crippen molar-refractivity contribution in [2.24, 2.45) is 4.99 Å². The lowest BCUT2D eigenvalue weighted by atomic mass is 9.96. The first kappa shape index (κ1) is 16.6. The van der Waals surface area contributed by atoms with Crippen LogP contribution in [-0.4, -0.2) is 22.8 Å². The highest BCUT2D eigenvalue weighted by atomic mass is 19.1. The summed E-state index contributed by atoms with van der Waals surface area (Å²) in [5.74, 6) is -0.591. The Kier molecular flexibility index (Phi) is 3.94. The van der Waals surface area contributed by atoms with Crippen molar-refractivity contribution in [3.63, 3.8) is 0 Å². The molecular weight excluding hydrogens is 334 g/mol. The minimum Gasteiger partial charge on any atom is -0.485 e. The Bertz CT molecular complexity index is 1050. The predicted molar refractivity (Wildman–Crippen MR) is 98.0 cm³/mol. The summed E-state index contributed by atoms with van der Waals surface area (Å²) in [6.07, 6.45) is 1.34. The Hall–Kier alpha value is -2.82. The number of aliphatic imine (C=N–C) groups is 1. The second-order valence-corrected chi connectivity index (χ2v) is 6.59. The average Bonchev–Trinajstić information content (AvgIpc) is 2.74. The zero-order valence-electron chi connectivity index (χ0n) is 14.8. The van der Waals surface area contributed by atoms with Gasteiger partial charge in [-0.3, -0.25) is 9.98 Å². The molecule has 4 rings (SSSR count). The molecule has 2 heterocycles. The van der Waals surface area contributed by atoms with E-state index in [1.54, 1.807) is 24.4 Å². The number of nitrogens with zero attached hydrogens (tertiary/aromatic N) is 2. The van der Waals surface area contributed by atoms with Crippen molar-refractivity contribution in [2.45, 2.75) is 32.9 Å². The maximum absolute atomic E-state index is 14.4. The van der Waals surface area contributed by atoms with Crippen LogP contribution in [0.25, 0.3) is 10.9 Å². The fourth-order valence-corrected chi connectivity index (χ4v) is 3.25. The molecule has 0 unspecified atom stereocenters. The van der Waals surface area contributed by atoms with Crippen LogP contribution in [0.2, 0.25) is 0 Å². The van der Waals surface area contributed by atoms with Gasteiger partial charge in [0.25, 0.3) is 0 Å². The Labute approximate surface area is 150 Å². The molecule has 2 aromatic carbocycles. The van der Waals surface area contributed by atoms with Crippen LogP contribution in [0, 0.1) is 18.6 Å². The van der Waals surface area contributed by atoms with Crippen LogP contribution >= 0.6 is 0 Å². The zero-order chi connectivity index (χ0) is 18.4. The molecule has 5 heteroatoms. The molecule has 0 bridgehead atoms. The third-order valence-electron chi connectivity index (χ3n) is 4.91. The van der Waals surface area contributed by atoms with Crippen molar-refractivity contribution in [3.05, 3.63) is 70.9 Å². The first-order chi connectivity index (χ1) is 12.5. The van der Waals surface area contributed by atoms with Gasteiger partial charge in [0.05, 0.1) is 11.8 Å². The zero-order valence-corrected chi connectivity index (χ0v) is 14.8. The second-order valence-electron chi connectivity index (χ2n) is 6.59. The van der Waals surface area contributed by atoms with E-state index in [-0.39, 0.29) is 23.7 Å². The van der Waals surface area contributed by atoms with Crippen LogP contribution in [0.1, 0.15) is 30.5 Å². The number of aryl methyl sites for hydroxylation is 1. The third-order valence-corrected chi connectivity index (χ3v) is 4.91. The van der Waals surface area contributed by atoms with Crippen LogP contribution in [0.3, 0.4) is 0 Å². The van der Waals surface area contributed by atoms with Gasteiger partial charge < -0.3 is 4.74 Å². The first-order valence-corrected chi connectivity index (χ1v) is 8.55. The van der Waals surface area contributed by atoms with Crippen molar-refractivity contribution in [1.29, 1.82) is 0 Å². The summed E-state index contributed by atoms with van der Waals surface area (Å²) in [5, 5.41) is 0.717. The lowest BCUT2D eigenvalue weighted by molar-refractivity contribution is 0.192. The number of hydrogen-bond acceptors (Lipinski definition) is 3. The van der Waals surface area contributed by atoms with E-state index in [4.69, 9.17) is 9.73 Å². The normalized spacial score (nSPS) is 19.5. The highest BCUT2D eigenvalue weighted by Gasteiger charge is 2.27. The summed E-state index contributed by atoms with van der Waals surface area (Å²) < 4.78 is 34.3. The van der Waals surface area contributed by atoms with E-state index in [9.17, 15) is 8.78 Å². The lowest BCUT2D eigenvalue weighted by Crippen LogP contribution is -2.24. The summed E-state index contributed by atoms with van der Waals surface area (Å²) in [6, 6.07) is 9.51. The lowest BCUT2D eigenvalue weighted by Gasteiger charge is -2.16. The molecule has 0 N–H and O–H groups in total. The Morgan fingerprint density at radius 3 is 2.50 bits per heavy atom.